The van der Waals surface area contributed by atoms with Crippen LogP contribution in [0.5, 0.6) is 0 Å². The number of carboxylic acid groups (broad SMARTS) is 1. The molecule has 1 aliphatic rings. The van der Waals surface area contributed by atoms with Crippen LogP contribution in [0.4, 0.5) is 0 Å². The smallest absolute Gasteiger partial charge is 0.290 e. The number of carbonyl (C=O) groups is 4. The second-order valence-corrected chi connectivity index (χ2v) is 19.5. The van der Waals surface area contributed by atoms with E-state index in [9.17, 15) is 14.4 Å². The van der Waals surface area contributed by atoms with Crippen molar-refractivity contribution in [1.82, 2.24) is 5.32 Å². The van der Waals surface area contributed by atoms with E-state index in [-0.39, 0.29) is 24.2 Å². The van der Waals surface area contributed by atoms with E-state index in [0.717, 1.165) is 69.8 Å². The van der Waals surface area contributed by atoms with Gasteiger partial charge in [-0.25, -0.2) is 0 Å². The van der Waals surface area contributed by atoms with Crippen LogP contribution in [0.25, 0.3) is 0 Å². The van der Waals surface area contributed by atoms with Gasteiger partial charge in [-0.05, 0) is 58.4 Å². The minimum atomic E-state index is -0.351. The molecular weight excluding hydrogens is 847 g/mol. The summed E-state index contributed by atoms with van der Waals surface area (Å²) in [7, 11) is 0. The van der Waals surface area contributed by atoms with Crippen molar-refractivity contribution in [3.63, 3.8) is 0 Å². The molecule has 6 N–H and O–H groups in total. The third-order valence-electron chi connectivity index (χ3n) is 12.5. The van der Waals surface area contributed by atoms with E-state index >= 15 is 0 Å². The Bertz CT molecular complexity index is 1050. The van der Waals surface area contributed by atoms with Gasteiger partial charge in [0.15, 0.2) is 0 Å². The summed E-state index contributed by atoms with van der Waals surface area (Å²) in [6, 6.07) is -0.351. The molecule has 9 nitrogen and oxygen atoms in total. The predicted octanol–water partition coefficient (Wildman–Crippen LogP) is 16.6. The first kappa shape index (κ1) is 72.0. The minimum Gasteiger partial charge on any atom is -0.499 e. The fourth-order valence-corrected chi connectivity index (χ4v) is 7.93. The summed E-state index contributed by atoms with van der Waals surface area (Å²) >= 11 is 0. The maximum Gasteiger partial charge on any atom is 0.290 e. The third kappa shape index (κ3) is 72.5. The number of nitrogens with one attached hydrogen (secondary N) is 1. The Kier molecular flexibility index (Phi) is 68.3. The van der Waals surface area contributed by atoms with Crippen LogP contribution in [0.1, 0.15) is 297 Å². The SMILES string of the molecule is C=C.C=C(CCC(C)=O)OCCCCCCCCCCCCCCCCCCCC.CCCCCCCCCCCCCCCCCC(C)=O.NCCCCC(N)C(=O)NCCC1CC1.O=CO. The maximum absolute atomic E-state index is 11.5. The van der Waals surface area contributed by atoms with Crippen LogP contribution in [-0.2, 0) is 23.9 Å². The first-order valence-corrected chi connectivity index (χ1v) is 28.7. The molecule has 0 saturated heterocycles. The zero-order chi connectivity index (χ0) is 51.4. The number of amides is 1. The van der Waals surface area contributed by atoms with Gasteiger partial charge in [-0.3, -0.25) is 9.59 Å². The molecule has 404 valence electrons. The Balaban J connectivity index is -0.000000448. The maximum atomic E-state index is 11.5. The molecule has 9 heteroatoms. The molecule has 0 spiro atoms. The van der Waals surface area contributed by atoms with E-state index in [4.69, 9.17) is 26.1 Å². The lowest BCUT2D eigenvalue weighted by Crippen LogP contribution is -2.41. The number of carbonyl (C=O) groups excluding carboxylic acids is 3. The highest BCUT2D eigenvalue weighted by Gasteiger charge is 2.21. The van der Waals surface area contributed by atoms with Crippen molar-refractivity contribution in [1.29, 1.82) is 0 Å². The molecule has 0 aliphatic heterocycles. The lowest BCUT2D eigenvalue weighted by atomic mass is 10.0. The third-order valence-corrected chi connectivity index (χ3v) is 12.5. The molecule has 0 aromatic rings. The number of rotatable bonds is 47. The van der Waals surface area contributed by atoms with Crippen LogP contribution < -0.4 is 16.8 Å². The number of hydrogen-bond acceptors (Lipinski definition) is 7. The normalized spacial score (nSPS) is 11.8. The summed E-state index contributed by atoms with van der Waals surface area (Å²) in [6.45, 7) is 19.7. The van der Waals surface area contributed by atoms with Gasteiger partial charge in [-0.15, -0.1) is 13.2 Å². The molecule has 0 aromatic carbocycles. The Morgan fingerprint density at radius 2 is 0.912 bits per heavy atom. The zero-order valence-corrected chi connectivity index (χ0v) is 45.8. The predicted molar refractivity (Wildman–Crippen MR) is 295 cm³/mol. The second kappa shape index (κ2) is 64.5. The number of nitrogens with two attached hydrogens (primary N) is 2. The van der Waals surface area contributed by atoms with Crippen molar-refractivity contribution in [3.8, 4) is 0 Å². The molecule has 0 aromatic heterocycles. The first-order chi connectivity index (χ1) is 33.1. The van der Waals surface area contributed by atoms with Gasteiger partial charge >= 0.3 is 0 Å². The van der Waals surface area contributed by atoms with Gasteiger partial charge in [0.2, 0.25) is 5.91 Å². The number of hydrogen-bond donors (Lipinski definition) is 4. The van der Waals surface area contributed by atoms with Gasteiger partial charge in [-0.2, -0.15) is 0 Å². The largest absolute Gasteiger partial charge is 0.499 e. The summed E-state index contributed by atoms with van der Waals surface area (Å²) < 4.78 is 5.57. The van der Waals surface area contributed by atoms with Gasteiger partial charge in [0.1, 0.15) is 11.6 Å². The van der Waals surface area contributed by atoms with Crippen molar-refractivity contribution in [2.45, 2.75) is 303 Å². The van der Waals surface area contributed by atoms with E-state index in [2.05, 4.69) is 38.9 Å². The van der Waals surface area contributed by atoms with Crippen molar-refractivity contribution in [2.24, 2.45) is 17.4 Å². The Morgan fingerprint density at radius 3 is 1.24 bits per heavy atom. The summed E-state index contributed by atoms with van der Waals surface area (Å²) in [5, 5.41) is 9.77. The number of ether oxygens (including phenoxy) is 1. The van der Waals surface area contributed by atoms with Crippen LogP contribution >= 0.6 is 0 Å². The summed E-state index contributed by atoms with van der Waals surface area (Å²) in [5.74, 6) is 2.17. The summed E-state index contributed by atoms with van der Waals surface area (Å²) in [5.41, 5.74) is 11.1. The zero-order valence-electron chi connectivity index (χ0n) is 45.8. The fraction of sp³-hybridized carbons (Fsp3) is 0.864. The summed E-state index contributed by atoms with van der Waals surface area (Å²) in [4.78, 5) is 41.5. The van der Waals surface area contributed by atoms with Gasteiger partial charge in [0.25, 0.3) is 6.47 Å². The van der Waals surface area contributed by atoms with Crippen LogP contribution in [0, 0.1) is 5.92 Å². The van der Waals surface area contributed by atoms with E-state index in [0.29, 0.717) is 25.2 Å². The van der Waals surface area contributed by atoms with Crippen LogP contribution in [0.2, 0.25) is 0 Å². The van der Waals surface area contributed by atoms with E-state index in [1.165, 1.54) is 212 Å². The van der Waals surface area contributed by atoms with Crippen LogP contribution in [-0.4, -0.2) is 54.8 Å². The number of Topliss-reactive ketones (excluding diaryl/α,β-unsaturated/α-hetero) is 2. The molecule has 0 radical (unpaired) electrons. The lowest BCUT2D eigenvalue weighted by Gasteiger charge is -2.11. The fourth-order valence-electron chi connectivity index (χ4n) is 7.93. The Labute approximate surface area is 422 Å². The highest BCUT2D eigenvalue weighted by molar-refractivity contribution is 5.81. The second-order valence-electron chi connectivity index (χ2n) is 19.5. The van der Waals surface area contributed by atoms with E-state index < -0.39 is 0 Å². The number of unbranched alkanes of at least 4 members (excludes halogenated alkanes) is 32. The molecule has 0 heterocycles. The van der Waals surface area contributed by atoms with Gasteiger partial charge in [-0.1, -0.05) is 239 Å². The molecular formula is C59H117N3O6. The molecule has 0 bridgehead atoms. The Hall–Kier alpha value is -2.52. The van der Waals surface area contributed by atoms with Crippen LogP contribution in [0.3, 0.4) is 0 Å². The van der Waals surface area contributed by atoms with E-state index in [1.807, 2.05) is 0 Å². The standard InChI is InChI=1S/C26H50O2.C19H38O.C11H23N3O.C2H4.CH2O2/c1-4-5-6-7-8-9-10-11-12-13-14-15-16-17-18-19-20-21-24-28-26(3)23-22-25(2)27;1-3-4-5-6-7-8-9-10-11-12-13-14-15-16-17-18-19(2)20;12-7-2-1-3-10(13)11(15)14-8-6-9-4-5-9;1-2;2-1-3/h3-24H2,1-2H3;3-18H2,1-2H3;9-10H,1-8,12-13H2,(H,14,15);1-2H2;1H,(H,2,3). The van der Waals surface area contributed by atoms with Gasteiger partial charge < -0.3 is 36.2 Å². The average Bonchev–Trinajstić information content (AvgIpc) is 4.16. The number of allylic oxidation sites excluding steroid dienone is 1. The van der Waals surface area contributed by atoms with Crippen LogP contribution in [0.15, 0.2) is 25.5 Å². The van der Waals surface area contributed by atoms with Gasteiger partial charge in [0.05, 0.1) is 18.4 Å². The molecule has 1 fully saturated rings. The minimum absolute atomic E-state index is 0.00679. The number of ketones is 2. The van der Waals surface area contributed by atoms with E-state index in [1.54, 1.807) is 13.8 Å². The van der Waals surface area contributed by atoms with Crippen molar-refractivity contribution in [3.05, 3.63) is 25.5 Å². The van der Waals surface area contributed by atoms with Gasteiger partial charge in [0, 0.05) is 25.8 Å². The molecule has 68 heavy (non-hydrogen) atoms. The van der Waals surface area contributed by atoms with Crippen molar-refractivity contribution < 1.29 is 29.0 Å². The molecule has 1 aliphatic carbocycles. The Morgan fingerprint density at radius 1 is 0.574 bits per heavy atom. The highest BCUT2D eigenvalue weighted by atomic mass is 16.5. The summed E-state index contributed by atoms with van der Waals surface area (Å²) in [6.07, 6.45) is 54.3. The monoisotopic (exact) mass is 964 g/mol. The van der Waals surface area contributed by atoms with Crippen molar-refractivity contribution >= 4 is 23.9 Å². The topological polar surface area (TPSA) is 162 Å². The van der Waals surface area contributed by atoms with Crippen molar-refractivity contribution in [2.75, 3.05) is 19.7 Å². The lowest BCUT2D eigenvalue weighted by molar-refractivity contribution is -0.123. The molecule has 1 atom stereocenters. The molecule has 1 saturated carbocycles. The molecule has 1 unspecified atom stereocenters. The molecule has 1 rings (SSSR count). The molecule has 1 amide bonds. The highest BCUT2D eigenvalue weighted by Crippen LogP contribution is 2.31. The quantitative estimate of drug-likeness (QED) is 0.0203. The first-order valence-electron chi connectivity index (χ1n) is 28.7. The average molecular weight is 965 g/mol.